The topological polar surface area (TPSA) is 17.8 Å². The smallest absolute Gasteiger partial charge is 0.0628 e. The lowest BCUT2D eigenvalue weighted by Gasteiger charge is -1.93. The van der Waals surface area contributed by atoms with Crippen LogP contribution in [0.3, 0.4) is 0 Å². The highest BCUT2D eigenvalue weighted by molar-refractivity contribution is 5.01. The molecule has 0 bridgehead atoms. The van der Waals surface area contributed by atoms with Crippen molar-refractivity contribution in [3.05, 3.63) is 24.9 Å². The largest absolute Gasteiger partial charge is 0.273 e. The zero-order valence-electron chi connectivity index (χ0n) is 5.67. The maximum atomic E-state index is 4.11. The molecule has 0 spiro atoms. The Bertz CT molecular complexity index is 179. The Morgan fingerprint density at radius 3 is 3.00 bits per heavy atom. The van der Waals surface area contributed by atoms with Crippen LogP contribution in [0.25, 0.3) is 0 Å². The molecule has 0 saturated carbocycles. The van der Waals surface area contributed by atoms with E-state index in [0.717, 1.165) is 18.7 Å². The first kappa shape index (κ1) is 6.33. The molecule has 1 rings (SSSR count). The summed E-state index contributed by atoms with van der Waals surface area (Å²) in [6, 6.07) is 1.91. The molecule has 1 aromatic heterocycles. The second-order valence-corrected chi connectivity index (χ2v) is 2.07. The summed E-state index contributed by atoms with van der Waals surface area (Å²) >= 11 is 0. The summed E-state index contributed by atoms with van der Waals surface area (Å²) < 4.78 is 1.91. The molecular weight excluding hydrogens is 112 g/mol. The molecule has 0 aliphatic carbocycles. The van der Waals surface area contributed by atoms with Gasteiger partial charge in [0.15, 0.2) is 0 Å². The van der Waals surface area contributed by atoms with Gasteiger partial charge in [0.2, 0.25) is 0 Å². The van der Waals surface area contributed by atoms with E-state index in [9.17, 15) is 0 Å². The summed E-state index contributed by atoms with van der Waals surface area (Å²) in [5.74, 6) is 0. The summed E-state index contributed by atoms with van der Waals surface area (Å²) in [4.78, 5) is 0. The van der Waals surface area contributed by atoms with Gasteiger partial charge < -0.3 is 0 Å². The van der Waals surface area contributed by atoms with Gasteiger partial charge in [-0.05, 0) is 19.4 Å². The molecule has 2 nitrogen and oxygen atoms in total. The average Bonchev–Trinajstić information content (AvgIpc) is 2.17. The number of aromatic nitrogens is 2. The van der Waals surface area contributed by atoms with Gasteiger partial charge in [-0.25, -0.2) is 0 Å². The molecule has 0 N–H and O–H groups in total. The highest BCUT2D eigenvalue weighted by atomic mass is 15.3. The molecule has 1 aromatic rings. The van der Waals surface area contributed by atoms with Gasteiger partial charge in [0, 0.05) is 12.7 Å². The van der Waals surface area contributed by atoms with Crippen LogP contribution in [-0.4, -0.2) is 9.78 Å². The standard InChI is InChI=1S/C7H11N2/c1-3-5-9-6-4-7(2)8-9/h4,6H,2-3,5H2,1H3. The van der Waals surface area contributed by atoms with Gasteiger partial charge in [0.05, 0.1) is 5.69 Å². The zero-order valence-corrected chi connectivity index (χ0v) is 5.67. The lowest BCUT2D eigenvalue weighted by Crippen LogP contribution is -1.96. The van der Waals surface area contributed by atoms with Crippen LogP contribution in [0.4, 0.5) is 0 Å². The number of aryl methyl sites for hydroxylation is 1. The molecule has 49 valence electrons. The molecule has 2 heteroatoms. The fraction of sp³-hybridized carbons (Fsp3) is 0.429. The molecule has 0 fully saturated rings. The van der Waals surface area contributed by atoms with E-state index in [4.69, 9.17) is 0 Å². The SMILES string of the molecule is [CH2]c1ccn(CCC)n1. The van der Waals surface area contributed by atoms with Crippen molar-refractivity contribution in [2.24, 2.45) is 0 Å². The van der Waals surface area contributed by atoms with E-state index in [1.165, 1.54) is 0 Å². The maximum absolute atomic E-state index is 4.11. The summed E-state index contributed by atoms with van der Waals surface area (Å²) in [5.41, 5.74) is 0.850. The van der Waals surface area contributed by atoms with Crippen molar-refractivity contribution in [3.63, 3.8) is 0 Å². The van der Waals surface area contributed by atoms with Crippen LogP contribution in [0.1, 0.15) is 19.0 Å². The van der Waals surface area contributed by atoms with E-state index in [2.05, 4.69) is 18.9 Å². The third-order valence-electron chi connectivity index (χ3n) is 1.15. The van der Waals surface area contributed by atoms with Crippen molar-refractivity contribution in [2.75, 3.05) is 0 Å². The van der Waals surface area contributed by atoms with Crippen molar-refractivity contribution in [1.82, 2.24) is 9.78 Å². The third kappa shape index (κ3) is 1.56. The van der Waals surface area contributed by atoms with E-state index < -0.39 is 0 Å². The number of nitrogens with zero attached hydrogens (tertiary/aromatic N) is 2. The molecule has 0 aromatic carbocycles. The summed E-state index contributed by atoms with van der Waals surface area (Å²) in [6.07, 6.45) is 3.08. The highest BCUT2D eigenvalue weighted by Crippen LogP contribution is 1.92. The van der Waals surface area contributed by atoms with Crippen LogP contribution in [-0.2, 0) is 6.54 Å². The lowest BCUT2D eigenvalue weighted by molar-refractivity contribution is 0.600. The van der Waals surface area contributed by atoms with Crippen LogP contribution in [0.15, 0.2) is 12.3 Å². The Morgan fingerprint density at radius 1 is 1.78 bits per heavy atom. The van der Waals surface area contributed by atoms with E-state index in [-0.39, 0.29) is 0 Å². The first-order valence-corrected chi connectivity index (χ1v) is 3.18. The van der Waals surface area contributed by atoms with Gasteiger partial charge in [-0.3, -0.25) is 4.68 Å². The van der Waals surface area contributed by atoms with E-state index in [1.54, 1.807) is 0 Å². The Kier molecular flexibility index (Phi) is 1.88. The van der Waals surface area contributed by atoms with Crippen LogP contribution in [0.5, 0.6) is 0 Å². The van der Waals surface area contributed by atoms with Gasteiger partial charge in [-0.15, -0.1) is 0 Å². The molecule has 0 unspecified atom stereocenters. The molecule has 0 amide bonds. The third-order valence-corrected chi connectivity index (χ3v) is 1.15. The zero-order chi connectivity index (χ0) is 6.69. The van der Waals surface area contributed by atoms with Crippen LogP contribution >= 0.6 is 0 Å². The van der Waals surface area contributed by atoms with Gasteiger partial charge in [0.25, 0.3) is 0 Å². The van der Waals surface area contributed by atoms with Crippen molar-refractivity contribution in [2.45, 2.75) is 19.9 Å². The minimum Gasteiger partial charge on any atom is -0.273 e. The lowest BCUT2D eigenvalue weighted by atomic mass is 10.5. The number of hydrogen-bond acceptors (Lipinski definition) is 1. The molecule has 0 saturated heterocycles. The van der Waals surface area contributed by atoms with Crippen LogP contribution < -0.4 is 0 Å². The minimum atomic E-state index is 0.850. The molecule has 1 radical (unpaired) electrons. The van der Waals surface area contributed by atoms with Gasteiger partial charge in [-0.2, -0.15) is 5.10 Å². The van der Waals surface area contributed by atoms with Crippen molar-refractivity contribution in [1.29, 1.82) is 0 Å². The molecule has 0 atom stereocenters. The Balaban J connectivity index is 2.61. The molecule has 1 heterocycles. The highest BCUT2D eigenvalue weighted by Gasteiger charge is 1.89. The second kappa shape index (κ2) is 2.67. The van der Waals surface area contributed by atoms with E-state index in [1.807, 2.05) is 16.9 Å². The van der Waals surface area contributed by atoms with Gasteiger partial charge in [0.1, 0.15) is 0 Å². The predicted octanol–water partition coefficient (Wildman–Crippen LogP) is 1.48. The molecular formula is C7H11N2. The molecule has 0 aliphatic heterocycles. The number of hydrogen-bond donors (Lipinski definition) is 0. The summed E-state index contributed by atoms with van der Waals surface area (Å²) in [6.45, 7) is 6.82. The quantitative estimate of drug-likeness (QED) is 0.582. The molecule has 9 heavy (non-hydrogen) atoms. The van der Waals surface area contributed by atoms with Crippen LogP contribution in [0, 0.1) is 6.92 Å². The Hall–Kier alpha value is -0.790. The second-order valence-electron chi connectivity index (χ2n) is 2.07. The van der Waals surface area contributed by atoms with E-state index >= 15 is 0 Å². The van der Waals surface area contributed by atoms with Crippen molar-refractivity contribution in [3.8, 4) is 0 Å². The Morgan fingerprint density at radius 2 is 2.56 bits per heavy atom. The monoisotopic (exact) mass is 123 g/mol. The fourth-order valence-electron chi connectivity index (χ4n) is 0.757. The van der Waals surface area contributed by atoms with Crippen molar-refractivity contribution >= 4 is 0 Å². The first-order valence-electron chi connectivity index (χ1n) is 3.18. The minimum absolute atomic E-state index is 0.850. The first-order chi connectivity index (χ1) is 4.33. The summed E-state index contributed by atoms with van der Waals surface area (Å²) in [7, 11) is 0. The van der Waals surface area contributed by atoms with Crippen molar-refractivity contribution < 1.29 is 0 Å². The maximum Gasteiger partial charge on any atom is 0.0628 e. The van der Waals surface area contributed by atoms with Crippen LogP contribution in [0.2, 0.25) is 0 Å². The predicted molar refractivity (Wildman–Crippen MR) is 37.0 cm³/mol. The van der Waals surface area contributed by atoms with E-state index in [0.29, 0.717) is 0 Å². The van der Waals surface area contributed by atoms with Gasteiger partial charge in [-0.1, -0.05) is 6.92 Å². The average molecular weight is 123 g/mol. The Labute approximate surface area is 55.5 Å². The molecule has 0 aliphatic rings. The number of rotatable bonds is 2. The normalized spacial score (nSPS) is 10.0. The summed E-state index contributed by atoms with van der Waals surface area (Å²) in [5, 5.41) is 4.11. The fourth-order valence-corrected chi connectivity index (χ4v) is 0.757. The van der Waals surface area contributed by atoms with Gasteiger partial charge >= 0.3 is 0 Å².